The Kier molecular flexibility index (Phi) is 4.65. The Hall–Kier alpha value is -2.27. The number of amides is 1. The zero-order chi connectivity index (χ0) is 15.4. The van der Waals surface area contributed by atoms with Crippen molar-refractivity contribution in [2.24, 2.45) is 0 Å². The van der Waals surface area contributed by atoms with Crippen molar-refractivity contribution in [2.75, 3.05) is 0 Å². The molecule has 1 amide bonds. The first-order chi connectivity index (χ1) is 9.97. The minimum absolute atomic E-state index is 0.174. The Balaban J connectivity index is 2.05. The molecule has 2 aromatic carbocycles. The van der Waals surface area contributed by atoms with Gasteiger partial charge in [0, 0.05) is 5.56 Å². The maximum atomic E-state index is 13.1. The number of aliphatic hydroxyl groups is 1. The van der Waals surface area contributed by atoms with Gasteiger partial charge in [-0.3, -0.25) is 4.79 Å². The lowest BCUT2D eigenvalue weighted by molar-refractivity contribution is 0.0851. The molecule has 2 N–H and O–H groups in total. The summed E-state index contributed by atoms with van der Waals surface area (Å²) in [5.74, 6) is -1.39. The molecular formula is C16H15F2NO2. The monoisotopic (exact) mass is 291 g/mol. The minimum Gasteiger partial charge on any atom is -0.386 e. The molecular weight excluding hydrogens is 276 g/mol. The third-order valence-corrected chi connectivity index (χ3v) is 3.13. The molecule has 21 heavy (non-hydrogen) atoms. The van der Waals surface area contributed by atoms with Crippen LogP contribution in [0.15, 0.2) is 48.5 Å². The summed E-state index contributed by atoms with van der Waals surface area (Å²) in [6.07, 6.45) is -0.983. The molecule has 0 spiro atoms. The van der Waals surface area contributed by atoms with Gasteiger partial charge >= 0.3 is 0 Å². The van der Waals surface area contributed by atoms with E-state index in [0.717, 1.165) is 6.07 Å². The molecule has 0 aromatic heterocycles. The molecule has 0 aliphatic rings. The Morgan fingerprint density at radius 2 is 1.76 bits per heavy atom. The van der Waals surface area contributed by atoms with Crippen molar-refractivity contribution in [1.82, 2.24) is 5.32 Å². The zero-order valence-electron chi connectivity index (χ0n) is 11.4. The number of carbonyl (C=O) groups is 1. The van der Waals surface area contributed by atoms with Gasteiger partial charge in [-0.15, -0.1) is 0 Å². The van der Waals surface area contributed by atoms with E-state index >= 15 is 0 Å². The van der Waals surface area contributed by atoms with Gasteiger partial charge in [0.25, 0.3) is 5.91 Å². The third kappa shape index (κ3) is 3.86. The summed E-state index contributed by atoms with van der Waals surface area (Å²) in [6.45, 7) is 1.62. The van der Waals surface area contributed by atoms with Crippen LogP contribution >= 0.6 is 0 Å². The maximum Gasteiger partial charge on any atom is 0.251 e. The molecule has 0 aliphatic carbocycles. The fourth-order valence-electron chi connectivity index (χ4n) is 1.95. The zero-order valence-corrected chi connectivity index (χ0v) is 11.4. The van der Waals surface area contributed by atoms with Crippen molar-refractivity contribution >= 4 is 5.91 Å². The Morgan fingerprint density at radius 3 is 2.38 bits per heavy atom. The van der Waals surface area contributed by atoms with Crippen molar-refractivity contribution < 1.29 is 18.7 Å². The number of hydrogen-bond donors (Lipinski definition) is 2. The van der Waals surface area contributed by atoms with Crippen LogP contribution in [0.2, 0.25) is 0 Å². The second-order valence-corrected chi connectivity index (χ2v) is 4.77. The smallest absolute Gasteiger partial charge is 0.251 e. The number of nitrogens with one attached hydrogen (secondary N) is 1. The highest BCUT2D eigenvalue weighted by atomic mass is 19.1. The third-order valence-electron chi connectivity index (χ3n) is 3.13. The van der Waals surface area contributed by atoms with Gasteiger partial charge in [0.1, 0.15) is 11.6 Å². The van der Waals surface area contributed by atoms with E-state index in [2.05, 4.69) is 5.32 Å². The number of hydrogen-bond acceptors (Lipinski definition) is 2. The molecule has 0 saturated carbocycles. The summed E-state index contributed by atoms with van der Waals surface area (Å²) in [6, 6.07) is 10.0. The predicted octanol–water partition coefficient (Wildman–Crippen LogP) is 2.82. The van der Waals surface area contributed by atoms with E-state index in [1.807, 2.05) is 0 Å². The van der Waals surface area contributed by atoms with Gasteiger partial charge in [-0.1, -0.05) is 18.2 Å². The van der Waals surface area contributed by atoms with Crippen molar-refractivity contribution in [1.29, 1.82) is 0 Å². The molecule has 5 heteroatoms. The number of rotatable bonds is 4. The second kappa shape index (κ2) is 6.45. The average Bonchev–Trinajstić information content (AvgIpc) is 2.47. The maximum absolute atomic E-state index is 13.1. The van der Waals surface area contributed by atoms with Gasteiger partial charge in [0.05, 0.1) is 12.1 Å². The molecule has 2 unspecified atom stereocenters. The summed E-state index contributed by atoms with van der Waals surface area (Å²) < 4.78 is 25.9. The Labute approximate surface area is 121 Å². The van der Waals surface area contributed by atoms with Crippen LogP contribution in [0.5, 0.6) is 0 Å². The first-order valence-electron chi connectivity index (χ1n) is 6.47. The van der Waals surface area contributed by atoms with Gasteiger partial charge in [-0.2, -0.15) is 0 Å². The van der Waals surface area contributed by atoms with Crippen molar-refractivity contribution in [3.8, 4) is 0 Å². The standard InChI is InChI=1S/C16H15F2NO2/c1-10(15(20)11-5-7-13(17)8-6-11)19-16(21)12-3-2-4-14(18)9-12/h2-10,15,20H,1H3,(H,19,21). The molecule has 0 fully saturated rings. The van der Waals surface area contributed by atoms with Gasteiger partial charge in [-0.05, 0) is 42.8 Å². The lowest BCUT2D eigenvalue weighted by atomic mass is 10.0. The quantitative estimate of drug-likeness (QED) is 0.910. The SMILES string of the molecule is CC(NC(=O)c1cccc(F)c1)C(O)c1ccc(F)cc1. The summed E-state index contributed by atoms with van der Waals surface area (Å²) in [4.78, 5) is 11.9. The largest absolute Gasteiger partial charge is 0.386 e. The molecule has 0 aliphatic heterocycles. The first kappa shape index (κ1) is 15.1. The van der Waals surface area contributed by atoms with Crippen molar-refractivity contribution in [3.63, 3.8) is 0 Å². The molecule has 0 bridgehead atoms. The number of aliphatic hydroxyl groups excluding tert-OH is 1. The highest BCUT2D eigenvalue weighted by molar-refractivity contribution is 5.94. The van der Waals surface area contributed by atoms with Crippen LogP contribution in [0.3, 0.4) is 0 Å². The van der Waals surface area contributed by atoms with E-state index < -0.39 is 29.7 Å². The Bertz CT molecular complexity index is 628. The minimum atomic E-state index is -0.983. The Morgan fingerprint density at radius 1 is 1.10 bits per heavy atom. The van der Waals surface area contributed by atoms with E-state index in [1.165, 1.54) is 42.5 Å². The fourth-order valence-corrected chi connectivity index (χ4v) is 1.95. The van der Waals surface area contributed by atoms with Crippen LogP contribution in [-0.2, 0) is 0 Å². The first-order valence-corrected chi connectivity index (χ1v) is 6.47. The van der Waals surface area contributed by atoms with E-state index in [0.29, 0.717) is 5.56 Å². The lowest BCUT2D eigenvalue weighted by Gasteiger charge is -2.20. The molecule has 2 aromatic rings. The summed E-state index contributed by atoms with van der Waals surface area (Å²) in [5, 5.41) is 12.7. The van der Waals surface area contributed by atoms with Crippen LogP contribution in [0.25, 0.3) is 0 Å². The summed E-state index contributed by atoms with van der Waals surface area (Å²) in [7, 11) is 0. The second-order valence-electron chi connectivity index (χ2n) is 4.77. The van der Waals surface area contributed by atoms with Gasteiger partial charge in [0.2, 0.25) is 0 Å². The number of halogens is 2. The summed E-state index contributed by atoms with van der Waals surface area (Å²) in [5.41, 5.74) is 0.664. The molecule has 110 valence electrons. The van der Waals surface area contributed by atoms with Crippen LogP contribution in [0.4, 0.5) is 8.78 Å². The highest BCUT2D eigenvalue weighted by Crippen LogP contribution is 2.17. The fraction of sp³-hybridized carbons (Fsp3) is 0.188. The topological polar surface area (TPSA) is 49.3 Å². The van der Waals surface area contributed by atoms with Crippen LogP contribution in [0, 0.1) is 11.6 Å². The molecule has 3 nitrogen and oxygen atoms in total. The number of carbonyl (C=O) groups excluding carboxylic acids is 1. The van der Waals surface area contributed by atoms with Gasteiger partial charge in [-0.25, -0.2) is 8.78 Å². The van der Waals surface area contributed by atoms with E-state index in [4.69, 9.17) is 0 Å². The average molecular weight is 291 g/mol. The molecule has 2 atom stereocenters. The predicted molar refractivity (Wildman–Crippen MR) is 74.7 cm³/mol. The van der Waals surface area contributed by atoms with Crippen LogP contribution in [-0.4, -0.2) is 17.1 Å². The van der Waals surface area contributed by atoms with E-state index in [1.54, 1.807) is 6.92 Å². The molecule has 0 saturated heterocycles. The van der Waals surface area contributed by atoms with Crippen LogP contribution < -0.4 is 5.32 Å². The van der Waals surface area contributed by atoms with Gasteiger partial charge in [0.15, 0.2) is 0 Å². The lowest BCUT2D eigenvalue weighted by Crippen LogP contribution is -2.37. The van der Waals surface area contributed by atoms with Crippen molar-refractivity contribution in [3.05, 3.63) is 71.3 Å². The van der Waals surface area contributed by atoms with Crippen molar-refractivity contribution in [2.45, 2.75) is 19.1 Å². The van der Waals surface area contributed by atoms with E-state index in [9.17, 15) is 18.7 Å². The van der Waals surface area contributed by atoms with E-state index in [-0.39, 0.29) is 5.56 Å². The van der Waals surface area contributed by atoms with Crippen LogP contribution in [0.1, 0.15) is 28.9 Å². The number of benzene rings is 2. The summed E-state index contributed by atoms with van der Waals surface area (Å²) >= 11 is 0. The molecule has 0 radical (unpaired) electrons. The van der Waals surface area contributed by atoms with Gasteiger partial charge < -0.3 is 10.4 Å². The normalized spacial score (nSPS) is 13.5. The highest BCUT2D eigenvalue weighted by Gasteiger charge is 2.19. The molecule has 0 heterocycles. The molecule has 2 rings (SSSR count).